The number of nitrogens with one attached hydrogen (secondary N) is 1. The average Bonchev–Trinajstić information content (AvgIpc) is 3.57. The molecule has 13 heteroatoms. The fourth-order valence-corrected chi connectivity index (χ4v) is 5.88. The predicted octanol–water partition coefficient (Wildman–Crippen LogP) is 6.96. The minimum atomic E-state index is -0.842. The van der Waals surface area contributed by atoms with E-state index in [-0.39, 0.29) is 12.1 Å². The first-order chi connectivity index (χ1) is 24.2. The summed E-state index contributed by atoms with van der Waals surface area (Å²) in [5.41, 5.74) is -0.230. The lowest BCUT2D eigenvalue weighted by atomic mass is 10.0. The lowest BCUT2D eigenvalue weighted by molar-refractivity contribution is -0.156. The molecule has 0 aliphatic carbocycles. The quantitative estimate of drug-likeness (QED) is 0.0414. The fraction of sp³-hybridized carbons (Fsp3) is 0.811. The van der Waals surface area contributed by atoms with E-state index in [1.54, 1.807) is 0 Å². The van der Waals surface area contributed by atoms with Crippen LogP contribution in [0.1, 0.15) is 130 Å². The van der Waals surface area contributed by atoms with E-state index in [1.807, 2.05) is 25.7 Å². The van der Waals surface area contributed by atoms with Crippen LogP contribution in [0.5, 0.6) is 5.88 Å². The van der Waals surface area contributed by atoms with Gasteiger partial charge in [-0.05, 0) is 27.2 Å². The summed E-state index contributed by atoms with van der Waals surface area (Å²) in [7, 11) is 0. The molecule has 0 bridgehead atoms. The number of carbonyl (C=O) groups excluding carboxylic acids is 3. The van der Waals surface area contributed by atoms with Crippen molar-refractivity contribution in [2.45, 2.75) is 142 Å². The highest BCUT2D eigenvalue weighted by Gasteiger charge is 2.23. The van der Waals surface area contributed by atoms with Crippen molar-refractivity contribution in [3.8, 4) is 5.88 Å². The van der Waals surface area contributed by atoms with Crippen molar-refractivity contribution in [1.82, 2.24) is 14.1 Å². The zero-order valence-corrected chi connectivity index (χ0v) is 32.0. The topological polar surface area (TPSA) is 138 Å². The third kappa shape index (κ3) is 22.1. The van der Waals surface area contributed by atoms with Crippen molar-refractivity contribution in [2.75, 3.05) is 57.6 Å². The van der Waals surface area contributed by atoms with E-state index in [9.17, 15) is 14.4 Å². The first-order valence-corrected chi connectivity index (χ1v) is 19.6. The van der Waals surface area contributed by atoms with Crippen LogP contribution in [0.4, 0.5) is 5.82 Å². The number of unbranched alkanes of at least 4 members (excludes halogenated alkanes) is 15. The molecule has 2 heterocycles. The fourth-order valence-electron chi connectivity index (χ4n) is 5.36. The number of morpholine rings is 1. The van der Waals surface area contributed by atoms with E-state index >= 15 is 0 Å². The van der Waals surface area contributed by atoms with Crippen LogP contribution in [0.25, 0.3) is 0 Å². The summed E-state index contributed by atoms with van der Waals surface area (Å²) in [5.74, 6) is -1.20. The SMILES string of the molecule is CCCCCCCCCCCCCCCCCCOC(=O)COC(=O)/C=C/C(=O)O[C@@H](CNC(C)(C)C)COc1nsnc1N1CCOCC1. The summed E-state index contributed by atoms with van der Waals surface area (Å²) in [5, 5.41) is 3.30. The van der Waals surface area contributed by atoms with E-state index in [0.29, 0.717) is 51.2 Å². The van der Waals surface area contributed by atoms with Crippen LogP contribution in [0.3, 0.4) is 0 Å². The van der Waals surface area contributed by atoms with Gasteiger partial charge in [0, 0.05) is 37.3 Å². The van der Waals surface area contributed by atoms with Crippen molar-refractivity contribution in [3.63, 3.8) is 0 Å². The Morgan fingerprint density at radius 1 is 0.820 bits per heavy atom. The van der Waals surface area contributed by atoms with Gasteiger partial charge >= 0.3 is 17.9 Å². The van der Waals surface area contributed by atoms with Crippen LogP contribution in [-0.4, -0.2) is 91.0 Å². The van der Waals surface area contributed by atoms with Crippen molar-refractivity contribution >= 4 is 35.5 Å². The maximum Gasteiger partial charge on any atom is 0.344 e. The van der Waals surface area contributed by atoms with Crippen molar-refractivity contribution in [3.05, 3.63) is 12.2 Å². The van der Waals surface area contributed by atoms with Gasteiger partial charge in [-0.3, -0.25) is 0 Å². The van der Waals surface area contributed by atoms with Crippen LogP contribution >= 0.6 is 11.7 Å². The number of hydrogen-bond acceptors (Lipinski definition) is 13. The molecule has 1 aromatic heterocycles. The van der Waals surface area contributed by atoms with Gasteiger partial charge in [0.25, 0.3) is 5.88 Å². The Labute approximate surface area is 304 Å². The highest BCUT2D eigenvalue weighted by atomic mass is 32.1. The van der Waals surface area contributed by atoms with Gasteiger partial charge in [0.05, 0.1) is 31.5 Å². The van der Waals surface area contributed by atoms with Gasteiger partial charge in [-0.25, -0.2) is 14.4 Å². The summed E-state index contributed by atoms with van der Waals surface area (Å²) in [4.78, 5) is 38.7. The molecule has 1 atom stereocenters. The Hall–Kier alpha value is -2.77. The molecule has 1 aromatic rings. The molecule has 0 unspecified atom stereocenters. The van der Waals surface area contributed by atoms with E-state index in [4.69, 9.17) is 23.7 Å². The maximum absolute atomic E-state index is 12.5. The molecule has 2 rings (SSSR count). The number of hydrogen-bond donors (Lipinski definition) is 1. The first kappa shape index (κ1) is 43.4. The Kier molecular flexibility index (Phi) is 23.4. The van der Waals surface area contributed by atoms with Gasteiger partial charge < -0.3 is 33.9 Å². The molecule has 1 fully saturated rings. The van der Waals surface area contributed by atoms with Crippen LogP contribution in [0.15, 0.2) is 12.2 Å². The molecular formula is C37H64N4O8S. The molecule has 0 radical (unpaired) electrons. The summed E-state index contributed by atoms with van der Waals surface area (Å²) < 4.78 is 35.6. The summed E-state index contributed by atoms with van der Waals surface area (Å²) >= 11 is 1.05. The zero-order chi connectivity index (χ0) is 36.3. The molecule has 12 nitrogen and oxygen atoms in total. The molecule has 1 aliphatic rings. The number of carbonyl (C=O) groups is 3. The monoisotopic (exact) mass is 724 g/mol. The number of aromatic nitrogens is 2. The van der Waals surface area contributed by atoms with Gasteiger partial charge in [0.15, 0.2) is 6.61 Å². The highest BCUT2D eigenvalue weighted by Crippen LogP contribution is 2.26. The second-order valence-corrected chi connectivity index (χ2v) is 14.5. The lowest BCUT2D eigenvalue weighted by Gasteiger charge is -2.27. The third-order valence-corrected chi connectivity index (χ3v) is 8.75. The van der Waals surface area contributed by atoms with E-state index < -0.39 is 30.6 Å². The largest absolute Gasteiger partial charge is 0.470 e. The Bertz CT molecular complexity index is 1090. The summed E-state index contributed by atoms with van der Waals surface area (Å²) in [6, 6.07) is 0. The molecule has 0 amide bonds. The first-order valence-electron chi connectivity index (χ1n) is 18.9. The van der Waals surface area contributed by atoms with Crippen LogP contribution in [0, 0.1) is 0 Å². The van der Waals surface area contributed by atoms with E-state index in [2.05, 4.69) is 21.0 Å². The van der Waals surface area contributed by atoms with E-state index in [0.717, 1.165) is 43.1 Å². The van der Waals surface area contributed by atoms with Crippen LogP contribution < -0.4 is 15.0 Å². The molecular weight excluding hydrogens is 660 g/mol. The van der Waals surface area contributed by atoms with Crippen LogP contribution in [0.2, 0.25) is 0 Å². The molecule has 1 aliphatic heterocycles. The van der Waals surface area contributed by atoms with Crippen molar-refractivity contribution in [1.29, 1.82) is 0 Å². The number of anilines is 1. The van der Waals surface area contributed by atoms with Gasteiger partial charge in [-0.2, -0.15) is 4.37 Å². The average molecular weight is 725 g/mol. The minimum absolute atomic E-state index is 0.0289. The predicted molar refractivity (Wildman–Crippen MR) is 197 cm³/mol. The van der Waals surface area contributed by atoms with Gasteiger partial charge in [-0.1, -0.05) is 103 Å². The van der Waals surface area contributed by atoms with Gasteiger partial charge in [-0.15, -0.1) is 4.37 Å². The van der Waals surface area contributed by atoms with Gasteiger partial charge in [0.2, 0.25) is 5.82 Å². The third-order valence-electron chi connectivity index (χ3n) is 8.25. The number of nitrogens with zero attached hydrogens (tertiary/aromatic N) is 3. The van der Waals surface area contributed by atoms with E-state index in [1.165, 1.54) is 83.5 Å². The molecule has 0 spiro atoms. The number of rotatable bonds is 28. The maximum atomic E-state index is 12.5. The van der Waals surface area contributed by atoms with Crippen molar-refractivity contribution < 1.29 is 38.1 Å². The Morgan fingerprint density at radius 2 is 1.38 bits per heavy atom. The number of esters is 3. The second kappa shape index (κ2) is 27.0. The molecule has 0 saturated carbocycles. The molecule has 0 aromatic carbocycles. The van der Waals surface area contributed by atoms with Crippen molar-refractivity contribution in [2.24, 2.45) is 0 Å². The summed E-state index contributed by atoms with van der Waals surface area (Å²) in [6.07, 6.45) is 21.6. The minimum Gasteiger partial charge on any atom is -0.470 e. The van der Waals surface area contributed by atoms with Crippen LogP contribution in [-0.2, 0) is 33.3 Å². The molecule has 286 valence electrons. The zero-order valence-electron chi connectivity index (χ0n) is 31.2. The standard InChI is InChI=1S/C37H64N4O8S/c1-5-6-7-8-9-10-11-12-13-14-15-16-17-18-19-20-25-46-34(44)30-47-32(42)21-22-33(43)49-31(28-38-37(2,3)4)29-48-36-35(39-50-40-36)41-23-26-45-27-24-41/h21-22,31,38H,5-20,23-30H2,1-4H3/b22-21+/t31-/m0/s1. The molecule has 50 heavy (non-hydrogen) atoms. The highest BCUT2D eigenvalue weighted by molar-refractivity contribution is 6.99. The molecule has 1 N–H and O–H groups in total. The Morgan fingerprint density at radius 3 is 1.96 bits per heavy atom. The smallest absolute Gasteiger partial charge is 0.344 e. The van der Waals surface area contributed by atoms with Gasteiger partial charge in [0.1, 0.15) is 12.7 Å². The second-order valence-electron chi connectivity index (χ2n) is 14.0. The molecule has 1 saturated heterocycles. The number of ether oxygens (including phenoxy) is 5. The Balaban J connectivity index is 1.55. The lowest BCUT2D eigenvalue weighted by Crippen LogP contribution is -2.44. The summed E-state index contributed by atoms with van der Waals surface area (Å²) in [6.45, 7) is 10.9. The normalized spacial score (nSPS) is 14.1.